The molecule has 2 aromatic rings. The minimum atomic E-state index is -0.136. The standard InChI is InChI=1S/C20H20Cl2N2O4/c1-27-15-4-2-14(3-5-15)20(26)24-10-8-23(9-11-24)19(25)13-28-16-6-7-17(21)18(22)12-16/h2-7,12H,8-11,13H2,1H3. The van der Waals surface area contributed by atoms with Crippen LogP contribution in [0.25, 0.3) is 0 Å². The van der Waals surface area contributed by atoms with Crippen LogP contribution in [0.2, 0.25) is 10.0 Å². The Morgan fingerprint density at radius 1 is 0.893 bits per heavy atom. The summed E-state index contributed by atoms with van der Waals surface area (Å²) < 4.78 is 10.6. The molecule has 8 heteroatoms. The summed E-state index contributed by atoms with van der Waals surface area (Å²) in [6.07, 6.45) is 0. The molecule has 6 nitrogen and oxygen atoms in total. The number of hydrogen-bond donors (Lipinski definition) is 0. The molecule has 28 heavy (non-hydrogen) atoms. The molecule has 1 aliphatic rings. The van der Waals surface area contributed by atoms with Crippen LogP contribution in [-0.4, -0.2) is 61.5 Å². The number of carbonyl (C=O) groups excluding carboxylic acids is 2. The number of methoxy groups -OCH3 is 1. The zero-order valence-corrected chi connectivity index (χ0v) is 16.9. The SMILES string of the molecule is COc1ccc(C(=O)N2CCN(C(=O)COc3ccc(Cl)c(Cl)c3)CC2)cc1. The van der Waals surface area contributed by atoms with Crippen molar-refractivity contribution in [1.82, 2.24) is 9.80 Å². The molecular weight excluding hydrogens is 403 g/mol. The van der Waals surface area contributed by atoms with Gasteiger partial charge in [0.2, 0.25) is 0 Å². The minimum absolute atomic E-state index is 0.0539. The molecular formula is C20H20Cl2N2O4. The number of halogens is 2. The van der Waals surface area contributed by atoms with Crippen LogP contribution < -0.4 is 9.47 Å². The number of ether oxygens (including phenoxy) is 2. The number of amides is 2. The lowest BCUT2D eigenvalue weighted by Crippen LogP contribution is -2.51. The summed E-state index contributed by atoms with van der Waals surface area (Å²) in [5, 5.41) is 0.801. The lowest BCUT2D eigenvalue weighted by Gasteiger charge is -2.34. The molecule has 0 atom stereocenters. The van der Waals surface area contributed by atoms with Crippen molar-refractivity contribution in [3.8, 4) is 11.5 Å². The quantitative estimate of drug-likeness (QED) is 0.740. The van der Waals surface area contributed by atoms with Crippen LogP contribution in [0.1, 0.15) is 10.4 Å². The van der Waals surface area contributed by atoms with Crippen molar-refractivity contribution in [1.29, 1.82) is 0 Å². The highest BCUT2D eigenvalue weighted by Crippen LogP contribution is 2.26. The van der Waals surface area contributed by atoms with Crippen LogP contribution in [0.15, 0.2) is 42.5 Å². The normalized spacial score (nSPS) is 14.0. The number of piperazine rings is 1. The average molecular weight is 423 g/mol. The Morgan fingerprint density at radius 3 is 2.11 bits per heavy atom. The third-order valence-corrected chi connectivity index (χ3v) is 5.25. The maximum Gasteiger partial charge on any atom is 0.260 e. The lowest BCUT2D eigenvalue weighted by molar-refractivity contribution is -0.134. The summed E-state index contributed by atoms with van der Waals surface area (Å²) in [5.41, 5.74) is 0.600. The van der Waals surface area contributed by atoms with E-state index >= 15 is 0 Å². The summed E-state index contributed by atoms with van der Waals surface area (Å²) in [6.45, 7) is 1.79. The van der Waals surface area contributed by atoms with Gasteiger partial charge in [0.05, 0.1) is 17.2 Å². The molecule has 148 valence electrons. The van der Waals surface area contributed by atoms with Crippen molar-refractivity contribution in [2.75, 3.05) is 39.9 Å². The fraction of sp³-hybridized carbons (Fsp3) is 0.300. The second-order valence-corrected chi connectivity index (χ2v) is 7.08. The van der Waals surface area contributed by atoms with Crippen molar-refractivity contribution >= 4 is 35.0 Å². The van der Waals surface area contributed by atoms with E-state index in [4.69, 9.17) is 32.7 Å². The first-order chi connectivity index (χ1) is 13.5. The summed E-state index contributed by atoms with van der Waals surface area (Å²) >= 11 is 11.8. The summed E-state index contributed by atoms with van der Waals surface area (Å²) in [6, 6.07) is 11.8. The summed E-state index contributed by atoms with van der Waals surface area (Å²) in [5.74, 6) is 0.995. The van der Waals surface area contributed by atoms with Crippen molar-refractivity contribution in [2.24, 2.45) is 0 Å². The molecule has 1 fully saturated rings. The Bertz CT molecular complexity index is 850. The molecule has 2 amide bonds. The highest BCUT2D eigenvalue weighted by molar-refractivity contribution is 6.42. The average Bonchev–Trinajstić information content (AvgIpc) is 2.74. The molecule has 0 N–H and O–H groups in total. The van der Waals surface area contributed by atoms with E-state index < -0.39 is 0 Å². The molecule has 0 spiro atoms. The fourth-order valence-electron chi connectivity index (χ4n) is 2.88. The van der Waals surface area contributed by atoms with Crippen LogP contribution >= 0.6 is 23.2 Å². The zero-order chi connectivity index (χ0) is 20.1. The van der Waals surface area contributed by atoms with E-state index in [2.05, 4.69) is 0 Å². The number of nitrogens with zero attached hydrogens (tertiary/aromatic N) is 2. The Labute approximate surface area is 173 Å². The van der Waals surface area contributed by atoms with Crippen molar-refractivity contribution in [3.63, 3.8) is 0 Å². The topological polar surface area (TPSA) is 59.1 Å². The molecule has 2 aromatic carbocycles. The van der Waals surface area contributed by atoms with Gasteiger partial charge in [0, 0.05) is 37.8 Å². The fourth-order valence-corrected chi connectivity index (χ4v) is 3.17. The minimum Gasteiger partial charge on any atom is -0.497 e. The Hall–Kier alpha value is -2.44. The first-order valence-electron chi connectivity index (χ1n) is 8.77. The monoisotopic (exact) mass is 422 g/mol. The van der Waals surface area contributed by atoms with Gasteiger partial charge >= 0.3 is 0 Å². The molecule has 1 heterocycles. The van der Waals surface area contributed by atoms with Gasteiger partial charge in [-0.15, -0.1) is 0 Å². The largest absolute Gasteiger partial charge is 0.497 e. The molecule has 0 aromatic heterocycles. The van der Waals surface area contributed by atoms with E-state index in [0.717, 1.165) is 0 Å². The molecule has 1 saturated heterocycles. The Kier molecular flexibility index (Phi) is 6.65. The third-order valence-electron chi connectivity index (χ3n) is 4.51. The molecule has 1 aliphatic heterocycles. The molecule has 0 aliphatic carbocycles. The van der Waals surface area contributed by atoms with Gasteiger partial charge in [-0.1, -0.05) is 23.2 Å². The van der Waals surface area contributed by atoms with E-state index in [9.17, 15) is 9.59 Å². The van der Waals surface area contributed by atoms with Crippen LogP contribution in [-0.2, 0) is 4.79 Å². The molecule has 0 bridgehead atoms. The van der Waals surface area contributed by atoms with Gasteiger partial charge < -0.3 is 19.3 Å². The second kappa shape index (κ2) is 9.17. The third kappa shape index (κ3) is 4.88. The van der Waals surface area contributed by atoms with Gasteiger partial charge in [-0.25, -0.2) is 0 Å². The summed E-state index contributed by atoms with van der Waals surface area (Å²) in [4.78, 5) is 28.4. The number of benzene rings is 2. The van der Waals surface area contributed by atoms with Crippen LogP contribution in [0.3, 0.4) is 0 Å². The van der Waals surface area contributed by atoms with Crippen molar-refractivity contribution < 1.29 is 19.1 Å². The lowest BCUT2D eigenvalue weighted by atomic mass is 10.1. The first-order valence-corrected chi connectivity index (χ1v) is 9.52. The smallest absolute Gasteiger partial charge is 0.260 e. The van der Waals surface area contributed by atoms with E-state index in [0.29, 0.717) is 53.3 Å². The second-order valence-electron chi connectivity index (χ2n) is 6.27. The van der Waals surface area contributed by atoms with Gasteiger partial charge in [-0.3, -0.25) is 9.59 Å². The highest BCUT2D eigenvalue weighted by Gasteiger charge is 2.25. The molecule has 0 saturated carbocycles. The van der Waals surface area contributed by atoms with Gasteiger partial charge in [-0.05, 0) is 36.4 Å². The first kappa shape index (κ1) is 20.3. The van der Waals surface area contributed by atoms with Crippen molar-refractivity contribution in [2.45, 2.75) is 0 Å². The van der Waals surface area contributed by atoms with Crippen LogP contribution in [0, 0.1) is 0 Å². The highest BCUT2D eigenvalue weighted by atomic mass is 35.5. The molecule has 3 rings (SSSR count). The zero-order valence-electron chi connectivity index (χ0n) is 15.4. The maximum atomic E-state index is 12.6. The Morgan fingerprint density at radius 2 is 1.50 bits per heavy atom. The predicted molar refractivity (Wildman–Crippen MR) is 107 cm³/mol. The van der Waals surface area contributed by atoms with Crippen molar-refractivity contribution in [3.05, 3.63) is 58.1 Å². The van der Waals surface area contributed by atoms with Crippen LogP contribution in [0.4, 0.5) is 0 Å². The summed E-state index contributed by atoms with van der Waals surface area (Å²) in [7, 11) is 1.58. The number of carbonyl (C=O) groups is 2. The van der Waals surface area contributed by atoms with E-state index in [-0.39, 0.29) is 18.4 Å². The van der Waals surface area contributed by atoms with E-state index in [1.165, 1.54) is 0 Å². The Balaban J connectivity index is 1.49. The van der Waals surface area contributed by atoms with E-state index in [1.807, 2.05) is 0 Å². The maximum absolute atomic E-state index is 12.6. The van der Waals surface area contributed by atoms with E-state index in [1.54, 1.807) is 59.4 Å². The van der Waals surface area contributed by atoms with Gasteiger partial charge in [0.25, 0.3) is 11.8 Å². The van der Waals surface area contributed by atoms with Crippen LogP contribution in [0.5, 0.6) is 11.5 Å². The van der Waals surface area contributed by atoms with Gasteiger partial charge in [0.15, 0.2) is 6.61 Å². The number of rotatable bonds is 5. The number of hydrogen-bond acceptors (Lipinski definition) is 4. The van der Waals surface area contributed by atoms with Gasteiger partial charge in [0.1, 0.15) is 11.5 Å². The molecule has 0 unspecified atom stereocenters. The predicted octanol–water partition coefficient (Wildman–Crippen LogP) is 3.37. The van der Waals surface area contributed by atoms with Gasteiger partial charge in [-0.2, -0.15) is 0 Å². The molecule has 0 radical (unpaired) electrons.